The molecule has 1 rings (SSSR count). The fourth-order valence-corrected chi connectivity index (χ4v) is 2.64. The summed E-state index contributed by atoms with van der Waals surface area (Å²) in [7, 11) is 0.653. The molecule has 0 saturated carbocycles. The van der Waals surface area contributed by atoms with Gasteiger partial charge in [0.1, 0.15) is 16.1 Å². The Morgan fingerprint density at radius 2 is 1.94 bits per heavy atom. The van der Waals surface area contributed by atoms with Crippen molar-refractivity contribution < 1.29 is 4.43 Å². The molecule has 0 bridgehead atoms. The number of hydrogen-bond acceptors (Lipinski definition) is 1. The normalized spacial score (nSPS) is 13.3. The average Bonchev–Trinajstić information content (AvgIpc) is 2.41. The first-order valence-electron chi connectivity index (χ1n) is 6.06. The van der Waals surface area contributed by atoms with Crippen LogP contribution in [0.5, 0.6) is 0 Å². The molecule has 0 N–H and O–H groups in total. The zero-order valence-corrected chi connectivity index (χ0v) is 13.1. The summed E-state index contributed by atoms with van der Waals surface area (Å²) in [6.45, 7) is 12.2. The Bertz CT molecular complexity index is 390. The van der Waals surface area contributed by atoms with Crippen molar-refractivity contribution in [1.82, 2.24) is 0 Å². The van der Waals surface area contributed by atoms with Crippen LogP contribution in [0.4, 0.5) is 0 Å². The van der Waals surface area contributed by atoms with Crippen LogP contribution in [0, 0.1) is 0 Å². The predicted octanol–water partition coefficient (Wildman–Crippen LogP) is 3.06. The van der Waals surface area contributed by atoms with Gasteiger partial charge in [-0.3, -0.25) is 0 Å². The number of hydrogen-bond donors (Lipinski definition) is 0. The third-order valence-corrected chi connectivity index (χ3v) is 4.14. The van der Waals surface area contributed by atoms with Crippen LogP contribution in [0.3, 0.4) is 0 Å². The Morgan fingerprint density at radius 3 is 2.41 bits per heavy atom. The van der Waals surface area contributed by atoms with E-state index in [2.05, 4.69) is 45.2 Å². The molecule has 1 aromatic rings. The van der Waals surface area contributed by atoms with Gasteiger partial charge in [-0.15, -0.1) is 0 Å². The van der Waals surface area contributed by atoms with Crippen molar-refractivity contribution in [2.24, 2.45) is 0 Å². The number of benzene rings is 1. The summed E-state index contributed by atoms with van der Waals surface area (Å²) in [5.74, 6) is 0.516. The van der Waals surface area contributed by atoms with Crippen molar-refractivity contribution in [1.29, 1.82) is 0 Å². The first-order chi connectivity index (χ1) is 8.15. The van der Waals surface area contributed by atoms with Crippen LogP contribution in [0.15, 0.2) is 49.6 Å². The SMILES string of the molecule is C=CC(C=C)(O[SiH3])c1ccccc1C(C)CC. The van der Waals surface area contributed by atoms with Crippen LogP contribution >= 0.6 is 0 Å². The van der Waals surface area contributed by atoms with E-state index in [0.717, 1.165) is 6.42 Å². The second kappa shape index (κ2) is 5.99. The van der Waals surface area contributed by atoms with Gasteiger partial charge in [0.2, 0.25) is 0 Å². The molecular weight excluding hydrogens is 224 g/mol. The summed E-state index contributed by atoms with van der Waals surface area (Å²) in [6.07, 6.45) is 4.80. The Kier molecular flexibility index (Phi) is 4.91. The average molecular weight is 246 g/mol. The van der Waals surface area contributed by atoms with Gasteiger partial charge in [0.25, 0.3) is 0 Å². The molecule has 2 heteroatoms. The van der Waals surface area contributed by atoms with Gasteiger partial charge in [-0.1, -0.05) is 63.4 Å². The van der Waals surface area contributed by atoms with Gasteiger partial charge in [-0.2, -0.15) is 0 Å². The molecule has 17 heavy (non-hydrogen) atoms. The summed E-state index contributed by atoms with van der Waals surface area (Å²) >= 11 is 0. The van der Waals surface area contributed by atoms with Crippen molar-refractivity contribution in [3.8, 4) is 0 Å². The molecule has 0 radical (unpaired) electrons. The third kappa shape index (κ3) is 2.59. The van der Waals surface area contributed by atoms with Gasteiger partial charge in [-0.25, -0.2) is 0 Å². The van der Waals surface area contributed by atoms with E-state index in [0.29, 0.717) is 16.4 Å². The zero-order chi connectivity index (χ0) is 12.9. The maximum atomic E-state index is 5.76. The van der Waals surface area contributed by atoms with E-state index in [-0.39, 0.29) is 0 Å². The van der Waals surface area contributed by atoms with Crippen molar-refractivity contribution in [3.05, 3.63) is 60.7 Å². The predicted molar refractivity (Wildman–Crippen MR) is 78.2 cm³/mol. The lowest BCUT2D eigenvalue weighted by atomic mass is 9.84. The van der Waals surface area contributed by atoms with E-state index in [1.54, 1.807) is 0 Å². The molecule has 0 fully saturated rings. The van der Waals surface area contributed by atoms with Crippen molar-refractivity contribution in [3.63, 3.8) is 0 Å². The first-order valence-corrected chi connectivity index (χ1v) is 6.88. The highest BCUT2D eigenvalue weighted by atomic mass is 28.2. The van der Waals surface area contributed by atoms with Gasteiger partial charge in [0, 0.05) is 0 Å². The van der Waals surface area contributed by atoms with Gasteiger partial charge in [0.15, 0.2) is 0 Å². The second-order valence-corrected chi connectivity index (χ2v) is 4.71. The summed E-state index contributed by atoms with van der Waals surface area (Å²) < 4.78 is 5.76. The fraction of sp³-hybridized carbons (Fsp3) is 0.333. The van der Waals surface area contributed by atoms with Crippen molar-refractivity contribution in [2.75, 3.05) is 0 Å². The molecule has 0 aliphatic carbocycles. The molecule has 1 aromatic carbocycles. The van der Waals surface area contributed by atoms with Gasteiger partial charge < -0.3 is 4.43 Å². The van der Waals surface area contributed by atoms with Gasteiger partial charge in [0.05, 0.1) is 0 Å². The highest BCUT2D eigenvalue weighted by Gasteiger charge is 2.27. The fourth-order valence-electron chi connectivity index (χ4n) is 2.08. The molecule has 0 aromatic heterocycles. The molecule has 1 atom stereocenters. The van der Waals surface area contributed by atoms with E-state index in [1.165, 1.54) is 11.1 Å². The van der Waals surface area contributed by atoms with Crippen LogP contribution in [0.25, 0.3) is 0 Å². The molecule has 92 valence electrons. The quantitative estimate of drug-likeness (QED) is 0.554. The van der Waals surface area contributed by atoms with Crippen LogP contribution < -0.4 is 0 Å². The summed E-state index contributed by atoms with van der Waals surface area (Å²) in [5, 5.41) is 0. The third-order valence-electron chi connectivity index (χ3n) is 3.47. The summed E-state index contributed by atoms with van der Waals surface area (Å²) in [6, 6.07) is 8.41. The van der Waals surface area contributed by atoms with E-state index in [4.69, 9.17) is 4.43 Å². The Balaban J connectivity index is 3.38. The molecule has 1 nitrogen and oxygen atoms in total. The minimum absolute atomic E-state index is 0.516. The van der Waals surface area contributed by atoms with E-state index in [9.17, 15) is 0 Å². The monoisotopic (exact) mass is 246 g/mol. The van der Waals surface area contributed by atoms with Crippen LogP contribution in [0.1, 0.15) is 37.3 Å². The highest BCUT2D eigenvalue weighted by molar-refractivity contribution is 5.98. The van der Waals surface area contributed by atoms with E-state index >= 15 is 0 Å². The molecule has 0 heterocycles. The second-order valence-electron chi connectivity index (χ2n) is 4.30. The molecular formula is C15H22OSi. The van der Waals surface area contributed by atoms with Gasteiger partial charge >= 0.3 is 0 Å². The lowest BCUT2D eigenvalue weighted by molar-refractivity contribution is 0.191. The maximum Gasteiger partial charge on any atom is 0.148 e. The molecule has 0 spiro atoms. The minimum Gasteiger partial charge on any atom is -0.412 e. The minimum atomic E-state index is -0.522. The van der Waals surface area contributed by atoms with Crippen LogP contribution in [0.2, 0.25) is 0 Å². The zero-order valence-electron chi connectivity index (χ0n) is 11.1. The number of rotatable bonds is 6. The highest BCUT2D eigenvalue weighted by Crippen LogP contribution is 2.34. The topological polar surface area (TPSA) is 9.23 Å². The standard InChI is InChI=1S/C15H22OSi/c1-5-12(4)13-10-8-9-11-14(13)15(6-2,7-3)16-17/h6-12H,2-3,5H2,1,4,17H3. The van der Waals surface area contributed by atoms with E-state index < -0.39 is 5.60 Å². The Morgan fingerprint density at radius 1 is 1.35 bits per heavy atom. The largest absolute Gasteiger partial charge is 0.412 e. The lowest BCUT2D eigenvalue weighted by Gasteiger charge is -2.30. The van der Waals surface area contributed by atoms with Crippen LogP contribution in [-0.2, 0) is 10.0 Å². The van der Waals surface area contributed by atoms with E-state index in [1.807, 2.05) is 18.2 Å². The summed E-state index contributed by atoms with van der Waals surface area (Å²) in [5.41, 5.74) is 1.98. The van der Waals surface area contributed by atoms with Crippen molar-refractivity contribution >= 4 is 10.5 Å². The molecule has 1 unspecified atom stereocenters. The molecule has 0 saturated heterocycles. The Hall–Kier alpha value is -1.12. The molecule has 0 aliphatic heterocycles. The summed E-state index contributed by atoms with van der Waals surface area (Å²) in [4.78, 5) is 0. The smallest absolute Gasteiger partial charge is 0.148 e. The molecule has 0 aliphatic rings. The maximum absolute atomic E-state index is 5.76. The van der Waals surface area contributed by atoms with Gasteiger partial charge in [-0.05, 0) is 23.5 Å². The van der Waals surface area contributed by atoms with Crippen LogP contribution in [-0.4, -0.2) is 10.5 Å². The van der Waals surface area contributed by atoms with Crippen molar-refractivity contribution in [2.45, 2.75) is 31.8 Å². The Labute approximate surface area is 108 Å². The molecule has 0 amide bonds. The first kappa shape index (κ1) is 13.9. The lowest BCUT2D eigenvalue weighted by Crippen LogP contribution is -2.25.